The molecule has 2 rings (SSSR count). The van der Waals surface area contributed by atoms with Crippen molar-refractivity contribution in [1.29, 1.82) is 0 Å². The van der Waals surface area contributed by atoms with Crippen LogP contribution in [0.25, 0.3) is 0 Å². The molecule has 0 saturated heterocycles. The van der Waals surface area contributed by atoms with E-state index in [0.29, 0.717) is 16.1 Å². The topological polar surface area (TPSA) is 66.4 Å². The largest absolute Gasteiger partial charge is 0.508 e. The van der Waals surface area contributed by atoms with Crippen LogP contribution in [0, 0.1) is 0 Å². The molecule has 0 aliphatic carbocycles. The van der Waals surface area contributed by atoms with Crippen LogP contribution in [0.5, 0.6) is 5.75 Å². The fourth-order valence-corrected chi connectivity index (χ4v) is 3.26. The molecule has 1 amide bonds. The van der Waals surface area contributed by atoms with Crippen molar-refractivity contribution in [2.24, 2.45) is 0 Å². The van der Waals surface area contributed by atoms with Crippen LogP contribution in [0.3, 0.4) is 0 Å². The number of thiophene rings is 1. The first-order valence-corrected chi connectivity index (χ1v) is 8.79. The molecule has 0 aliphatic heterocycles. The summed E-state index contributed by atoms with van der Waals surface area (Å²) < 4.78 is 0. The number of Topliss-reactive ketones (excluding diaryl/α,β-unsaturated/α-hetero) is 1. The van der Waals surface area contributed by atoms with E-state index in [1.54, 1.807) is 23.6 Å². The molecule has 1 aromatic carbocycles. The first-order valence-electron chi connectivity index (χ1n) is 7.53. The molecule has 0 aliphatic rings. The van der Waals surface area contributed by atoms with Crippen LogP contribution < -0.4 is 5.32 Å². The Morgan fingerprint density at radius 1 is 1.21 bits per heavy atom. The van der Waals surface area contributed by atoms with E-state index in [-0.39, 0.29) is 35.8 Å². The molecule has 128 valence electrons. The average Bonchev–Trinajstić information content (AvgIpc) is 2.89. The number of phenolic OH excluding ortho intramolecular Hbond substituents is 1. The molecule has 4 nitrogen and oxygen atoms in total. The van der Waals surface area contributed by atoms with E-state index in [1.165, 1.54) is 17.4 Å². The van der Waals surface area contributed by atoms with Crippen LogP contribution >= 0.6 is 22.9 Å². The molecular formula is C18H20ClNO3S. The average molecular weight is 366 g/mol. The normalized spacial score (nSPS) is 11.3. The van der Waals surface area contributed by atoms with E-state index in [2.05, 4.69) is 5.32 Å². The third kappa shape index (κ3) is 5.35. The fraction of sp³-hybridized carbons (Fsp3) is 0.333. The van der Waals surface area contributed by atoms with Crippen molar-refractivity contribution in [3.05, 3.63) is 50.7 Å². The molecule has 0 spiro atoms. The minimum Gasteiger partial charge on any atom is -0.508 e. The maximum Gasteiger partial charge on any atom is 0.252 e. The van der Waals surface area contributed by atoms with Crippen LogP contribution in [0.2, 0.25) is 5.02 Å². The van der Waals surface area contributed by atoms with Crippen LogP contribution in [-0.2, 0) is 17.6 Å². The van der Waals surface area contributed by atoms with Crippen molar-refractivity contribution >= 4 is 34.6 Å². The zero-order valence-corrected chi connectivity index (χ0v) is 15.4. The quantitative estimate of drug-likeness (QED) is 0.841. The number of carbonyl (C=O) groups excluding carboxylic acids is 2. The van der Waals surface area contributed by atoms with Crippen LogP contribution in [0.4, 0.5) is 0 Å². The Hall–Kier alpha value is -1.85. The summed E-state index contributed by atoms with van der Waals surface area (Å²) in [7, 11) is 0. The zero-order valence-electron chi connectivity index (χ0n) is 13.9. The maximum atomic E-state index is 12.2. The summed E-state index contributed by atoms with van der Waals surface area (Å²) in [5, 5.41) is 14.9. The molecule has 2 aromatic rings. The lowest BCUT2D eigenvalue weighted by molar-refractivity contribution is -0.117. The molecular weight excluding hydrogens is 346 g/mol. The van der Waals surface area contributed by atoms with E-state index in [0.717, 1.165) is 4.88 Å². The molecule has 0 radical (unpaired) electrons. The number of benzene rings is 1. The second kappa shape index (κ2) is 7.36. The summed E-state index contributed by atoms with van der Waals surface area (Å²) in [6.45, 7) is 5.75. The minimum atomic E-state index is -0.306. The molecule has 6 heteroatoms. The van der Waals surface area contributed by atoms with E-state index >= 15 is 0 Å². The van der Waals surface area contributed by atoms with E-state index in [4.69, 9.17) is 11.6 Å². The van der Waals surface area contributed by atoms with Gasteiger partial charge in [-0.2, -0.15) is 0 Å². The van der Waals surface area contributed by atoms with Gasteiger partial charge in [-0.05, 0) is 45.0 Å². The van der Waals surface area contributed by atoms with Gasteiger partial charge in [-0.1, -0.05) is 11.6 Å². The van der Waals surface area contributed by atoms with Gasteiger partial charge in [-0.3, -0.25) is 9.59 Å². The molecule has 0 unspecified atom stereocenters. The van der Waals surface area contributed by atoms with Crippen molar-refractivity contribution < 1.29 is 14.7 Å². The van der Waals surface area contributed by atoms with Crippen LogP contribution in [0.15, 0.2) is 29.6 Å². The Kier molecular flexibility index (Phi) is 5.67. The summed E-state index contributed by atoms with van der Waals surface area (Å²) >= 11 is 7.27. The number of hydrogen-bond donors (Lipinski definition) is 2. The van der Waals surface area contributed by atoms with Gasteiger partial charge in [-0.15, -0.1) is 11.3 Å². The Bertz CT molecular complexity index is 762. The Balaban J connectivity index is 2.00. The highest BCUT2D eigenvalue weighted by molar-refractivity contribution is 7.10. The zero-order chi connectivity index (χ0) is 17.9. The Morgan fingerprint density at radius 2 is 1.92 bits per heavy atom. The lowest BCUT2D eigenvalue weighted by atomic mass is 10.0. The number of halogens is 1. The minimum absolute atomic E-state index is 0.0443. The van der Waals surface area contributed by atoms with Gasteiger partial charge in [0.25, 0.3) is 5.91 Å². The molecule has 0 saturated carbocycles. The van der Waals surface area contributed by atoms with Crippen LogP contribution in [-0.4, -0.2) is 22.3 Å². The van der Waals surface area contributed by atoms with Crippen LogP contribution in [0.1, 0.15) is 41.6 Å². The SMILES string of the molecule is CC(C)(C)NC(=O)c1csc(CC(=O)Cc2cc(Cl)ccc2O)c1. The molecule has 0 fully saturated rings. The van der Waals surface area contributed by atoms with Crippen molar-refractivity contribution in [3.63, 3.8) is 0 Å². The number of phenols is 1. The first-order chi connectivity index (χ1) is 11.1. The number of ketones is 1. The standard InChI is InChI=1S/C18H20ClNO3S/c1-18(2,3)20-17(23)12-8-15(24-10-12)9-14(21)7-11-6-13(19)4-5-16(11)22/h4-6,8,10,22H,7,9H2,1-3H3,(H,20,23). The predicted molar refractivity (Wildman–Crippen MR) is 97.1 cm³/mol. The Morgan fingerprint density at radius 3 is 2.58 bits per heavy atom. The Labute approximate surface area is 150 Å². The molecule has 1 heterocycles. The number of amides is 1. The van der Waals surface area contributed by atoms with Gasteiger partial charge in [0.15, 0.2) is 0 Å². The van der Waals surface area contributed by atoms with Crippen molar-refractivity contribution in [2.45, 2.75) is 39.2 Å². The molecule has 1 aromatic heterocycles. The number of nitrogens with one attached hydrogen (secondary N) is 1. The number of rotatable bonds is 5. The summed E-state index contributed by atoms with van der Waals surface area (Å²) in [6.07, 6.45) is 0.327. The van der Waals surface area contributed by atoms with E-state index < -0.39 is 0 Å². The van der Waals surface area contributed by atoms with Crippen molar-refractivity contribution in [3.8, 4) is 5.75 Å². The number of aromatic hydroxyl groups is 1. The smallest absolute Gasteiger partial charge is 0.252 e. The number of hydrogen-bond acceptors (Lipinski definition) is 4. The third-order valence-corrected chi connectivity index (χ3v) is 4.38. The summed E-state index contributed by atoms with van der Waals surface area (Å²) in [5.41, 5.74) is 0.761. The van der Waals surface area contributed by atoms with Gasteiger partial charge >= 0.3 is 0 Å². The molecule has 0 atom stereocenters. The second-order valence-electron chi connectivity index (χ2n) is 6.67. The summed E-state index contributed by atoms with van der Waals surface area (Å²) in [5.74, 6) is -0.133. The van der Waals surface area contributed by atoms with Gasteiger partial charge in [-0.25, -0.2) is 0 Å². The highest BCUT2D eigenvalue weighted by Gasteiger charge is 2.17. The van der Waals surface area contributed by atoms with Gasteiger partial charge in [0.2, 0.25) is 0 Å². The van der Waals surface area contributed by atoms with Crippen molar-refractivity contribution in [2.75, 3.05) is 0 Å². The van der Waals surface area contributed by atoms with Gasteiger partial charge in [0.05, 0.1) is 5.56 Å². The lowest BCUT2D eigenvalue weighted by Gasteiger charge is -2.19. The highest BCUT2D eigenvalue weighted by Crippen LogP contribution is 2.23. The summed E-state index contributed by atoms with van der Waals surface area (Å²) in [6, 6.07) is 6.38. The van der Waals surface area contributed by atoms with Gasteiger partial charge < -0.3 is 10.4 Å². The summed E-state index contributed by atoms with van der Waals surface area (Å²) in [4.78, 5) is 25.1. The van der Waals surface area contributed by atoms with Gasteiger partial charge in [0, 0.05) is 39.2 Å². The van der Waals surface area contributed by atoms with E-state index in [1.807, 2.05) is 20.8 Å². The first kappa shape index (κ1) is 18.5. The predicted octanol–water partition coefficient (Wildman–Crippen LogP) is 3.99. The fourth-order valence-electron chi connectivity index (χ4n) is 2.17. The van der Waals surface area contributed by atoms with Crippen molar-refractivity contribution in [1.82, 2.24) is 5.32 Å². The monoisotopic (exact) mass is 365 g/mol. The molecule has 0 bridgehead atoms. The molecule has 24 heavy (non-hydrogen) atoms. The number of carbonyl (C=O) groups is 2. The second-order valence-corrected chi connectivity index (χ2v) is 8.10. The third-order valence-electron chi connectivity index (χ3n) is 3.21. The highest BCUT2D eigenvalue weighted by atomic mass is 35.5. The van der Waals surface area contributed by atoms with Gasteiger partial charge in [0.1, 0.15) is 11.5 Å². The lowest BCUT2D eigenvalue weighted by Crippen LogP contribution is -2.40. The maximum absolute atomic E-state index is 12.2. The molecule has 2 N–H and O–H groups in total. The van der Waals surface area contributed by atoms with E-state index in [9.17, 15) is 14.7 Å².